The van der Waals surface area contributed by atoms with Crippen molar-refractivity contribution < 1.29 is 10.2 Å². The van der Waals surface area contributed by atoms with Crippen LogP contribution in [0.4, 0.5) is 0 Å². The van der Waals surface area contributed by atoms with E-state index >= 15 is 0 Å². The molecule has 0 saturated heterocycles. The highest BCUT2D eigenvalue weighted by molar-refractivity contribution is 5.08. The van der Waals surface area contributed by atoms with Crippen LogP contribution in [0.3, 0.4) is 0 Å². The second-order valence-electron chi connectivity index (χ2n) is 4.11. The van der Waals surface area contributed by atoms with Gasteiger partial charge in [-0.25, -0.2) is 4.98 Å². The molecule has 0 saturated carbocycles. The minimum Gasteiger partial charge on any atom is -0.396 e. The first-order chi connectivity index (χ1) is 7.35. The zero-order valence-corrected chi connectivity index (χ0v) is 8.89. The van der Waals surface area contributed by atoms with Crippen molar-refractivity contribution in [2.75, 3.05) is 13.2 Å². The van der Waals surface area contributed by atoms with Gasteiger partial charge >= 0.3 is 0 Å². The molecule has 0 amide bonds. The quantitative estimate of drug-likeness (QED) is 0.768. The van der Waals surface area contributed by atoms with Gasteiger partial charge in [0, 0.05) is 19.2 Å². The van der Waals surface area contributed by atoms with E-state index in [9.17, 15) is 5.11 Å². The van der Waals surface area contributed by atoms with Gasteiger partial charge in [-0.3, -0.25) is 0 Å². The average molecular weight is 210 g/mol. The molecule has 1 atom stereocenters. The molecule has 1 unspecified atom stereocenters. The van der Waals surface area contributed by atoms with Crippen molar-refractivity contribution in [3.8, 4) is 0 Å². The molecular weight excluding hydrogens is 192 g/mol. The molecule has 0 bridgehead atoms. The van der Waals surface area contributed by atoms with Crippen LogP contribution in [0.25, 0.3) is 0 Å². The normalized spacial score (nSPS) is 20.3. The van der Waals surface area contributed by atoms with Crippen LogP contribution in [0.5, 0.6) is 0 Å². The van der Waals surface area contributed by atoms with Crippen LogP contribution in [0.1, 0.15) is 36.8 Å². The van der Waals surface area contributed by atoms with Crippen molar-refractivity contribution in [2.24, 2.45) is 0 Å². The topological polar surface area (TPSA) is 58.3 Å². The summed E-state index contributed by atoms with van der Waals surface area (Å²) in [5.41, 5.74) is 1.04. The lowest BCUT2D eigenvalue weighted by molar-refractivity contribution is 0.206. The summed E-state index contributed by atoms with van der Waals surface area (Å²) in [6, 6.07) is 0.212. The fourth-order valence-electron chi connectivity index (χ4n) is 2.18. The number of fused-ring (bicyclic) bond motifs is 1. The smallest absolute Gasteiger partial charge is 0.109 e. The Morgan fingerprint density at radius 3 is 3.07 bits per heavy atom. The van der Waals surface area contributed by atoms with Crippen LogP contribution < -0.4 is 0 Å². The molecule has 0 aliphatic carbocycles. The number of aliphatic hydroxyl groups is 2. The van der Waals surface area contributed by atoms with Crippen molar-refractivity contribution in [2.45, 2.75) is 38.1 Å². The molecule has 15 heavy (non-hydrogen) atoms. The third kappa shape index (κ3) is 2.21. The Morgan fingerprint density at radius 1 is 1.47 bits per heavy atom. The number of imidazole rings is 1. The number of aryl methyl sites for hydroxylation is 2. The van der Waals surface area contributed by atoms with E-state index in [4.69, 9.17) is 5.11 Å². The summed E-state index contributed by atoms with van der Waals surface area (Å²) in [7, 11) is 0. The highest BCUT2D eigenvalue weighted by Crippen LogP contribution is 2.24. The van der Waals surface area contributed by atoms with Gasteiger partial charge < -0.3 is 14.8 Å². The molecule has 0 aromatic carbocycles. The number of aromatic nitrogens is 2. The van der Waals surface area contributed by atoms with Gasteiger partial charge in [0.05, 0.1) is 18.3 Å². The molecule has 1 aromatic rings. The highest BCUT2D eigenvalue weighted by Gasteiger charge is 2.20. The van der Waals surface area contributed by atoms with E-state index in [2.05, 4.69) is 9.55 Å². The highest BCUT2D eigenvalue weighted by atomic mass is 16.3. The van der Waals surface area contributed by atoms with Crippen molar-refractivity contribution in [1.82, 2.24) is 9.55 Å². The van der Waals surface area contributed by atoms with Crippen molar-refractivity contribution >= 4 is 0 Å². The summed E-state index contributed by atoms with van der Waals surface area (Å²) >= 11 is 0. The summed E-state index contributed by atoms with van der Waals surface area (Å²) in [5, 5.41) is 18.0. The number of nitrogens with zero attached hydrogens (tertiary/aromatic N) is 2. The molecule has 1 aliphatic heterocycles. The standard InChI is InChI=1S/C11H18N2O2/c14-6-2-3-9-7-13-10(8-15)4-1-5-11(13)12-9/h7,10,14-15H,1-6,8H2. The first-order valence-electron chi connectivity index (χ1n) is 5.63. The third-order valence-corrected chi connectivity index (χ3v) is 2.99. The zero-order valence-electron chi connectivity index (χ0n) is 8.89. The third-order valence-electron chi connectivity index (χ3n) is 2.99. The Bertz CT molecular complexity index is 322. The predicted molar refractivity (Wildman–Crippen MR) is 56.7 cm³/mol. The summed E-state index contributed by atoms with van der Waals surface area (Å²) < 4.78 is 2.11. The Hall–Kier alpha value is -0.870. The molecule has 0 radical (unpaired) electrons. The lowest BCUT2D eigenvalue weighted by Crippen LogP contribution is -2.20. The van der Waals surface area contributed by atoms with E-state index in [0.717, 1.165) is 43.6 Å². The molecule has 1 aliphatic rings. The van der Waals surface area contributed by atoms with E-state index in [1.165, 1.54) is 0 Å². The van der Waals surface area contributed by atoms with E-state index < -0.39 is 0 Å². The molecule has 2 heterocycles. The first-order valence-corrected chi connectivity index (χ1v) is 5.63. The van der Waals surface area contributed by atoms with Crippen LogP contribution in [-0.4, -0.2) is 33.0 Å². The molecule has 4 nitrogen and oxygen atoms in total. The minimum atomic E-state index is 0.197. The second-order valence-corrected chi connectivity index (χ2v) is 4.11. The lowest BCUT2D eigenvalue weighted by Gasteiger charge is -2.22. The van der Waals surface area contributed by atoms with Crippen molar-refractivity contribution in [3.63, 3.8) is 0 Å². The Kier molecular flexibility index (Phi) is 3.38. The zero-order chi connectivity index (χ0) is 10.7. The number of aliphatic hydroxyl groups excluding tert-OH is 2. The number of rotatable bonds is 4. The number of hydrogen-bond acceptors (Lipinski definition) is 3. The van der Waals surface area contributed by atoms with Crippen molar-refractivity contribution in [3.05, 3.63) is 17.7 Å². The van der Waals surface area contributed by atoms with E-state index in [-0.39, 0.29) is 19.3 Å². The van der Waals surface area contributed by atoms with Gasteiger partial charge in [-0.2, -0.15) is 0 Å². The molecule has 2 rings (SSSR count). The monoisotopic (exact) mass is 210 g/mol. The van der Waals surface area contributed by atoms with Gasteiger partial charge in [-0.05, 0) is 25.7 Å². The van der Waals surface area contributed by atoms with Crippen LogP contribution in [-0.2, 0) is 12.8 Å². The largest absolute Gasteiger partial charge is 0.396 e. The van der Waals surface area contributed by atoms with Gasteiger partial charge in [-0.15, -0.1) is 0 Å². The van der Waals surface area contributed by atoms with Crippen molar-refractivity contribution in [1.29, 1.82) is 0 Å². The van der Waals surface area contributed by atoms with Gasteiger partial charge in [0.15, 0.2) is 0 Å². The Labute approximate surface area is 89.6 Å². The van der Waals surface area contributed by atoms with Gasteiger partial charge in [-0.1, -0.05) is 0 Å². The second kappa shape index (κ2) is 4.77. The summed E-state index contributed by atoms with van der Waals surface area (Å²) in [5.74, 6) is 1.09. The Morgan fingerprint density at radius 2 is 2.33 bits per heavy atom. The molecular formula is C11H18N2O2. The van der Waals surface area contributed by atoms with Gasteiger partial charge in [0.1, 0.15) is 5.82 Å². The SMILES string of the molecule is OCCCc1cn2c(n1)CCCC2CO. The maximum Gasteiger partial charge on any atom is 0.109 e. The molecule has 1 aromatic heterocycles. The Balaban J connectivity index is 2.14. The maximum absolute atomic E-state index is 9.23. The van der Waals surface area contributed by atoms with Gasteiger partial charge in [0.25, 0.3) is 0 Å². The fourth-order valence-corrected chi connectivity index (χ4v) is 2.18. The first kappa shape index (κ1) is 10.6. The van der Waals surface area contributed by atoms with Crippen LogP contribution >= 0.6 is 0 Å². The average Bonchev–Trinajstić information content (AvgIpc) is 2.68. The van der Waals surface area contributed by atoms with Crippen LogP contribution in [0.15, 0.2) is 6.20 Å². The van der Waals surface area contributed by atoms with E-state index in [0.29, 0.717) is 0 Å². The predicted octanol–water partition coefficient (Wildman–Crippen LogP) is 0.678. The van der Waals surface area contributed by atoms with Gasteiger partial charge in [0.2, 0.25) is 0 Å². The fraction of sp³-hybridized carbons (Fsp3) is 0.727. The van der Waals surface area contributed by atoms with E-state index in [1.54, 1.807) is 0 Å². The summed E-state index contributed by atoms with van der Waals surface area (Å²) in [6.07, 6.45) is 6.79. The molecule has 84 valence electrons. The lowest BCUT2D eigenvalue weighted by atomic mass is 10.1. The molecule has 0 spiro atoms. The van der Waals surface area contributed by atoms with Crippen LogP contribution in [0.2, 0.25) is 0 Å². The van der Waals surface area contributed by atoms with E-state index in [1.807, 2.05) is 6.20 Å². The molecule has 0 fully saturated rings. The summed E-state index contributed by atoms with van der Waals surface area (Å²) in [6.45, 7) is 0.411. The number of hydrogen-bond donors (Lipinski definition) is 2. The molecule has 4 heteroatoms. The molecule has 2 N–H and O–H groups in total. The minimum absolute atomic E-state index is 0.197. The summed E-state index contributed by atoms with van der Waals surface area (Å²) in [4.78, 5) is 4.53. The van der Waals surface area contributed by atoms with Crippen LogP contribution in [0, 0.1) is 0 Å². The maximum atomic E-state index is 9.23.